The Hall–Kier alpha value is -2.32. The molecule has 2 N–H and O–H groups in total. The molecule has 1 rings (SSSR count). The summed E-state index contributed by atoms with van der Waals surface area (Å²) in [4.78, 5) is 29.3. The van der Waals surface area contributed by atoms with E-state index in [2.05, 4.69) is 48.4 Å². The van der Waals surface area contributed by atoms with Crippen molar-refractivity contribution in [3.05, 3.63) is 24.3 Å². The summed E-state index contributed by atoms with van der Waals surface area (Å²) in [6.45, 7) is 9.27. The van der Waals surface area contributed by atoms with Gasteiger partial charge in [0.1, 0.15) is 0 Å². The molecule has 0 saturated heterocycles. The summed E-state index contributed by atoms with van der Waals surface area (Å²) in [5.41, 5.74) is 1.12. The molecule has 302 valence electrons. The van der Waals surface area contributed by atoms with Crippen molar-refractivity contribution in [2.45, 2.75) is 181 Å². The molecule has 0 radical (unpaired) electrons. The van der Waals surface area contributed by atoms with Gasteiger partial charge in [0, 0.05) is 24.5 Å². The molecule has 1 aromatic rings. The lowest BCUT2D eigenvalue weighted by Crippen LogP contribution is -2.23. The minimum atomic E-state index is -0.490. The summed E-state index contributed by atoms with van der Waals surface area (Å²) < 4.78 is 10.8. The van der Waals surface area contributed by atoms with Crippen molar-refractivity contribution in [1.29, 1.82) is 0 Å². The number of nitrogens with one attached hydrogen (secondary N) is 2. The van der Waals surface area contributed by atoms with Crippen LogP contribution >= 0.6 is 0 Å². The number of nitrogens with zero attached hydrogens (tertiary/aromatic N) is 2. The normalized spacial score (nSPS) is 11.3. The Bertz CT molecular complexity index is 891. The van der Waals surface area contributed by atoms with Crippen molar-refractivity contribution in [2.75, 3.05) is 64.1 Å². The molecule has 52 heavy (non-hydrogen) atoms. The van der Waals surface area contributed by atoms with E-state index in [1.807, 2.05) is 0 Å². The molecule has 0 saturated carbocycles. The monoisotopic (exact) mass is 731 g/mol. The first-order valence-corrected chi connectivity index (χ1v) is 21.8. The lowest BCUT2D eigenvalue weighted by Gasteiger charge is -2.16. The van der Waals surface area contributed by atoms with E-state index in [0.717, 1.165) is 39.0 Å². The van der Waals surface area contributed by atoms with E-state index in [-0.39, 0.29) is 0 Å². The molecule has 0 atom stereocenters. The lowest BCUT2D eigenvalue weighted by atomic mass is 10.1. The fraction of sp³-hybridized carbons (Fsp3) is 0.818. The predicted molar refractivity (Wildman–Crippen MR) is 223 cm³/mol. The number of carbonyl (C=O) groups is 2. The van der Waals surface area contributed by atoms with Gasteiger partial charge in [-0.2, -0.15) is 0 Å². The Morgan fingerprint density at radius 2 is 0.750 bits per heavy atom. The van der Waals surface area contributed by atoms with E-state index in [1.54, 1.807) is 24.3 Å². The Kier molecular flexibility index (Phi) is 32.7. The highest BCUT2D eigenvalue weighted by atomic mass is 16.6. The molecular weight excluding hydrogens is 649 g/mol. The first-order chi connectivity index (χ1) is 25.4. The summed E-state index contributed by atoms with van der Waals surface area (Å²) in [6.07, 6.45) is 33.4. The molecule has 0 fully saturated rings. The van der Waals surface area contributed by atoms with Gasteiger partial charge < -0.3 is 19.3 Å². The number of amides is 2. The standard InChI is InChI=1S/C44H82N4O4/c1-5-7-9-11-13-15-17-19-21-23-25-27-34-47(3)36-30-38-51-43(49)45-41-32-29-33-42(40-41)46-44(50)52-39-31-37-48(4)35-28-26-24-22-20-18-16-14-12-10-8-6-2/h29,32-33,40H,5-28,30-31,34-39H2,1-4H3,(H,45,49)(H,46,50). The van der Waals surface area contributed by atoms with Crippen LogP contribution in [0.3, 0.4) is 0 Å². The van der Waals surface area contributed by atoms with Crippen LogP contribution in [0.2, 0.25) is 0 Å². The van der Waals surface area contributed by atoms with Gasteiger partial charge in [-0.15, -0.1) is 0 Å². The highest BCUT2D eigenvalue weighted by Gasteiger charge is 2.08. The van der Waals surface area contributed by atoms with Crippen LogP contribution in [0.4, 0.5) is 21.0 Å². The van der Waals surface area contributed by atoms with Crippen LogP contribution in [0.15, 0.2) is 24.3 Å². The second-order valence-corrected chi connectivity index (χ2v) is 15.2. The third-order valence-electron chi connectivity index (χ3n) is 9.98. The third kappa shape index (κ3) is 31.2. The minimum Gasteiger partial charge on any atom is -0.449 e. The molecule has 0 bridgehead atoms. The molecule has 2 amide bonds. The number of anilines is 2. The van der Waals surface area contributed by atoms with Crippen LogP contribution in [0, 0.1) is 0 Å². The van der Waals surface area contributed by atoms with Crippen molar-refractivity contribution >= 4 is 23.6 Å². The number of unbranched alkanes of at least 4 members (excludes halogenated alkanes) is 22. The highest BCUT2D eigenvalue weighted by molar-refractivity contribution is 5.88. The van der Waals surface area contributed by atoms with Gasteiger partial charge in [-0.25, -0.2) is 9.59 Å². The van der Waals surface area contributed by atoms with Crippen molar-refractivity contribution in [3.63, 3.8) is 0 Å². The van der Waals surface area contributed by atoms with Crippen LogP contribution in [0.5, 0.6) is 0 Å². The van der Waals surface area contributed by atoms with Gasteiger partial charge in [-0.05, 0) is 71.1 Å². The Labute approximate surface area is 320 Å². The summed E-state index contributed by atoms with van der Waals surface area (Å²) in [5, 5.41) is 5.51. The summed E-state index contributed by atoms with van der Waals surface area (Å²) >= 11 is 0. The largest absolute Gasteiger partial charge is 0.449 e. The zero-order valence-corrected chi connectivity index (χ0v) is 34.5. The van der Waals surface area contributed by atoms with E-state index < -0.39 is 12.2 Å². The first-order valence-electron chi connectivity index (χ1n) is 21.8. The Morgan fingerprint density at radius 3 is 1.08 bits per heavy atom. The molecule has 0 spiro atoms. The topological polar surface area (TPSA) is 83.1 Å². The van der Waals surface area contributed by atoms with Crippen molar-refractivity contribution in [1.82, 2.24) is 9.80 Å². The molecule has 0 aromatic heterocycles. The number of benzene rings is 1. The van der Waals surface area contributed by atoms with E-state index in [4.69, 9.17) is 9.47 Å². The van der Waals surface area contributed by atoms with E-state index in [0.29, 0.717) is 24.6 Å². The van der Waals surface area contributed by atoms with Gasteiger partial charge in [0.2, 0.25) is 0 Å². The van der Waals surface area contributed by atoms with Gasteiger partial charge in [-0.1, -0.05) is 161 Å². The molecule has 0 aliphatic heterocycles. The Balaban J connectivity index is 2.02. The van der Waals surface area contributed by atoms with Crippen LogP contribution in [0.25, 0.3) is 0 Å². The maximum Gasteiger partial charge on any atom is 0.411 e. The fourth-order valence-corrected chi connectivity index (χ4v) is 6.65. The maximum atomic E-state index is 12.3. The maximum absolute atomic E-state index is 12.3. The van der Waals surface area contributed by atoms with Crippen LogP contribution < -0.4 is 10.6 Å². The van der Waals surface area contributed by atoms with Crippen molar-refractivity contribution in [2.24, 2.45) is 0 Å². The Morgan fingerprint density at radius 1 is 0.462 bits per heavy atom. The number of rotatable bonds is 36. The van der Waals surface area contributed by atoms with Crippen LogP contribution in [-0.4, -0.2) is 75.5 Å². The van der Waals surface area contributed by atoms with Crippen molar-refractivity contribution in [3.8, 4) is 0 Å². The van der Waals surface area contributed by atoms with Gasteiger partial charge in [-0.3, -0.25) is 10.6 Å². The average molecular weight is 731 g/mol. The van der Waals surface area contributed by atoms with E-state index in [9.17, 15) is 9.59 Å². The molecule has 8 nitrogen and oxygen atoms in total. The predicted octanol–water partition coefficient (Wildman–Crippen LogP) is 12.8. The number of hydrogen-bond donors (Lipinski definition) is 2. The first kappa shape index (κ1) is 47.7. The smallest absolute Gasteiger partial charge is 0.411 e. The lowest BCUT2D eigenvalue weighted by molar-refractivity contribution is 0.154. The quantitative estimate of drug-likeness (QED) is 0.0669. The summed E-state index contributed by atoms with van der Waals surface area (Å²) in [7, 11) is 4.28. The van der Waals surface area contributed by atoms with Gasteiger partial charge in [0.25, 0.3) is 0 Å². The highest BCUT2D eigenvalue weighted by Crippen LogP contribution is 2.17. The SMILES string of the molecule is CCCCCCCCCCCCCCN(C)CCCOC(=O)Nc1cccc(NC(=O)OCCCN(C)CCCCCCCCCCCCCC)c1. The summed E-state index contributed by atoms with van der Waals surface area (Å²) in [5.74, 6) is 0. The molecule has 0 unspecified atom stereocenters. The molecular formula is C44H82N4O4. The second-order valence-electron chi connectivity index (χ2n) is 15.2. The number of ether oxygens (including phenoxy) is 2. The molecule has 0 heterocycles. The van der Waals surface area contributed by atoms with Crippen molar-refractivity contribution < 1.29 is 19.1 Å². The number of carbonyl (C=O) groups excluding carboxylic acids is 2. The van der Waals surface area contributed by atoms with E-state index in [1.165, 1.54) is 154 Å². The fourth-order valence-electron chi connectivity index (χ4n) is 6.65. The van der Waals surface area contributed by atoms with E-state index >= 15 is 0 Å². The van der Waals surface area contributed by atoms with Crippen LogP contribution in [0.1, 0.15) is 181 Å². The molecule has 0 aliphatic carbocycles. The summed E-state index contributed by atoms with van der Waals surface area (Å²) in [6, 6.07) is 7.02. The second kappa shape index (κ2) is 35.7. The third-order valence-corrected chi connectivity index (χ3v) is 9.98. The van der Waals surface area contributed by atoms with Gasteiger partial charge in [0.15, 0.2) is 0 Å². The molecule has 0 aliphatic rings. The average Bonchev–Trinajstić information content (AvgIpc) is 3.13. The zero-order valence-electron chi connectivity index (χ0n) is 34.5. The van der Waals surface area contributed by atoms with Gasteiger partial charge in [0.05, 0.1) is 13.2 Å². The zero-order chi connectivity index (χ0) is 37.7. The van der Waals surface area contributed by atoms with Gasteiger partial charge >= 0.3 is 12.2 Å². The van der Waals surface area contributed by atoms with Crippen LogP contribution in [-0.2, 0) is 9.47 Å². The minimum absolute atomic E-state index is 0.368. The molecule has 1 aromatic carbocycles. The molecule has 8 heteroatoms. The number of hydrogen-bond acceptors (Lipinski definition) is 6.